The summed E-state index contributed by atoms with van der Waals surface area (Å²) >= 11 is 9.20. The molecule has 2 rings (SSSR count). The van der Waals surface area contributed by atoms with Crippen LogP contribution < -0.4 is 5.73 Å². The van der Waals surface area contributed by atoms with Gasteiger partial charge in [-0.25, -0.2) is 8.78 Å². The average Bonchev–Trinajstić information content (AvgIpc) is 2.33. The maximum atomic E-state index is 13.7. The van der Waals surface area contributed by atoms with Crippen LogP contribution in [0.1, 0.15) is 17.2 Å². The molecule has 0 heterocycles. The number of nitrogens with two attached hydrogens (primary N) is 1. The Morgan fingerprint density at radius 3 is 2.58 bits per heavy atom. The lowest BCUT2D eigenvalue weighted by Gasteiger charge is -2.15. The second-order valence-electron chi connectivity index (χ2n) is 4.18. The van der Waals surface area contributed by atoms with Gasteiger partial charge in [-0.3, -0.25) is 0 Å². The van der Waals surface area contributed by atoms with Crippen molar-refractivity contribution in [2.24, 2.45) is 5.73 Å². The second kappa shape index (κ2) is 5.99. The Hall–Kier alpha value is -0.970. The number of hydrogen-bond acceptors (Lipinski definition) is 1. The average molecular weight is 347 g/mol. The molecular formula is C14H11BrClF2N. The first-order valence-corrected chi connectivity index (χ1v) is 6.79. The lowest BCUT2D eigenvalue weighted by atomic mass is 9.99. The van der Waals surface area contributed by atoms with Crippen LogP contribution in [0.25, 0.3) is 0 Å². The molecule has 1 nitrogen and oxygen atoms in total. The second-order valence-corrected chi connectivity index (χ2v) is 5.50. The highest BCUT2D eigenvalue weighted by Gasteiger charge is 2.17. The van der Waals surface area contributed by atoms with Gasteiger partial charge in [0.1, 0.15) is 11.6 Å². The van der Waals surface area contributed by atoms with Gasteiger partial charge >= 0.3 is 0 Å². The Labute approximate surface area is 123 Å². The molecule has 0 aliphatic carbocycles. The van der Waals surface area contributed by atoms with E-state index < -0.39 is 11.9 Å². The highest BCUT2D eigenvalue weighted by atomic mass is 79.9. The Balaban J connectivity index is 2.31. The van der Waals surface area contributed by atoms with Crippen molar-refractivity contribution in [1.82, 2.24) is 0 Å². The van der Waals surface area contributed by atoms with Crippen LogP contribution in [0.4, 0.5) is 8.78 Å². The SMILES string of the molecule is NC(Cc1cc(Br)ccc1F)c1c(F)cccc1Cl. The van der Waals surface area contributed by atoms with E-state index >= 15 is 0 Å². The maximum Gasteiger partial charge on any atom is 0.129 e. The molecule has 2 N–H and O–H groups in total. The third-order valence-corrected chi connectivity index (χ3v) is 3.64. The first-order chi connectivity index (χ1) is 8.99. The molecule has 2 aromatic rings. The Morgan fingerprint density at radius 1 is 1.16 bits per heavy atom. The van der Waals surface area contributed by atoms with E-state index in [0.717, 1.165) is 4.47 Å². The van der Waals surface area contributed by atoms with Gasteiger partial charge in [-0.15, -0.1) is 0 Å². The summed E-state index contributed by atoms with van der Waals surface area (Å²) in [5.74, 6) is -0.846. The van der Waals surface area contributed by atoms with Crippen molar-refractivity contribution in [3.8, 4) is 0 Å². The molecule has 0 aliphatic heterocycles. The molecule has 100 valence electrons. The summed E-state index contributed by atoms with van der Waals surface area (Å²) in [6.07, 6.45) is 0.173. The topological polar surface area (TPSA) is 26.0 Å². The summed E-state index contributed by atoms with van der Waals surface area (Å²) in [4.78, 5) is 0. The Kier molecular flexibility index (Phi) is 4.55. The van der Waals surface area contributed by atoms with E-state index in [9.17, 15) is 8.78 Å². The predicted molar refractivity (Wildman–Crippen MR) is 76.1 cm³/mol. The van der Waals surface area contributed by atoms with Crippen LogP contribution in [-0.2, 0) is 6.42 Å². The van der Waals surface area contributed by atoms with Crippen molar-refractivity contribution in [2.45, 2.75) is 12.5 Å². The fourth-order valence-electron chi connectivity index (χ4n) is 1.90. The van der Waals surface area contributed by atoms with Crippen LogP contribution >= 0.6 is 27.5 Å². The van der Waals surface area contributed by atoms with Crippen molar-refractivity contribution in [3.05, 3.63) is 68.7 Å². The van der Waals surface area contributed by atoms with E-state index in [1.807, 2.05) is 0 Å². The van der Waals surface area contributed by atoms with E-state index in [4.69, 9.17) is 17.3 Å². The van der Waals surface area contributed by atoms with Crippen molar-refractivity contribution in [3.63, 3.8) is 0 Å². The van der Waals surface area contributed by atoms with E-state index in [1.54, 1.807) is 18.2 Å². The normalized spacial score (nSPS) is 12.5. The molecule has 5 heteroatoms. The molecule has 2 aromatic carbocycles. The van der Waals surface area contributed by atoms with E-state index in [-0.39, 0.29) is 22.8 Å². The lowest BCUT2D eigenvalue weighted by Crippen LogP contribution is -2.16. The number of hydrogen-bond donors (Lipinski definition) is 1. The van der Waals surface area contributed by atoms with Gasteiger partial charge in [0.25, 0.3) is 0 Å². The minimum atomic E-state index is -0.697. The quantitative estimate of drug-likeness (QED) is 0.862. The van der Waals surface area contributed by atoms with Gasteiger partial charge in [-0.05, 0) is 42.3 Å². The molecule has 0 saturated carbocycles. The van der Waals surface area contributed by atoms with Crippen molar-refractivity contribution in [1.29, 1.82) is 0 Å². The largest absolute Gasteiger partial charge is 0.324 e. The zero-order chi connectivity index (χ0) is 14.0. The van der Waals surface area contributed by atoms with Gasteiger partial charge < -0.3 is 5.73 Å². The first-order valence-electron chi connectivity index (χ1n) is 5.62. The minimum absolute atomic E-state index is 0.173. The molecule has 0 saturated heterocycles. The smallest absolute Gasteiger partial charge is 0.129 e. The molecule has 0 radical (unpaired) electrons. The van der Waals surface area contributed by atoms with E-state index in [1.165, 1.54) is 18.2 Å². The zero-order valence-electron chi connectivity index (χ0n) is 9.84. The molecule has 0 amide bonds. The first kappa shape index (κ1) is 14.4. The van der Waals surface area contributed by atoms with Crippen molar-refractivity contribution in [2.75, 3.05) is 0 Å². The van der Waals surface area contributed by atoms with Gasteiger partial charge in [-0.1, -0.05) is 33.6 Å². The summed E-state index contributed by atoms with van der Waals surface area (Å²) in [7, 11) is 0. The molecule has 0 spiro atoms. The summed E-state index contributed by atoms with van der Waals surface area (Å²) in [5.41, 5.74) is 6.57. The van der Waals surface area contributed by atoms with Crippen molar-refractivity contribution >= 4 is 27.5 Å². The summed E-state index contributed by atoms with van der Waals surface area (Å²) in [6, 6.07) is 8.24. The van der Waals surface area contributed by atoms with E-state index in [2.05, 4.69) is 15.9 Å². The lowest BCUT2D eigenvalue weighted by molar-refractivity contribution is 0.563. The summed E-state index contributed by atoms with van der Waals surface area (Å²) < 4.78 is 28.1. The molecule has 1 unspecified atom stereocenters. The fraction of sp³-hybridized carbons (Fsp3) is 0.143. The van der Waals surface area contributed by atoms with Gasteiger partial charge in [0.15, 0.2) is 0 Å². The summed E-state index contributed by atoms with van der Waals surface area (Å²) in [5, 5.41) is 0.253. The molecule has 0 aromatic heterocycles. The standard InChI is InChI=1S/C14H11BrClF2N/c15-9-4-5-11(17)8(6-9)7-13(19)14-10(16)2-1-3-12(14)18/h1-6,13H,7,19H2. The Morgan fingerprint density at radius 2 is 1.89 bits per heavy atom. The minimum Gasteiger partial charge on any atom is -0.324 e. The fourth-order valence-corrected chi connectivity index (χ4v) is 2.62. The van der Waals surface area contributed by atoms with Crippen LogP contribution in [0.5, 0.6) is 0 Å². The molecular weight excluding hydrogens is 336 g/mol. The number of halogens is 4. The van der Waals surface area contributed by atoms with Gasteiger partial charge in [-0.2, -0.15) is 0 Å². The van der Waals surface area contributed by atoms with Crippen LogP contribution in [0.2, 0.25) is 5.02 Å². The maximum absolute atomic E-state index is 13.7. The van der Waals surface area contributed by atoms with Crippen LogP contribution in [0.15, 0.2) is 40.9 Å². The monoisotopic (exact) mass is 345 g/mol. The molecule has 0 bridgehead atoms. The van der Waals surface area contributed by atoms with Crippen LogP contribution in [0.3, 0.4) is 0 Å². The number of benzene rings is 2. The van der Waals surface area contributed by atoms with E-state index in [0.29, 0.717) is 5.56 Å². The molecule has 0 aliphatic rings. The Bertz CT molecular complexity index is 584. The van der Waals surface area contributed by atoms with Crippen LogP contribution in [-0.4, -0.2) is 0 Å². The highest BCUT2D eigenvalue weighted by molar-refractivity contribution is 9.10. The highest BCUT2D eigenvalue weighted by Crippen LogP contribution is 2.28. The zero-order valence-corrected chi connectivity index (χ0v) is 12.2. The molecule has 19 heavy (non-hydrogen) atoms. The third-order valence-electron chi connectivity index (χ3n) is 2.82. The van der Waals surface area contributed by atoms with Gasteiger partial charge in [0, 0.05) is 21.1 Å². The molecule has 1 atom stereocenters. The van der Waals surface area contributed by atoms with Crippen molar-refractivity contribution < 1.29 is 8.78 Å². The molecule has 0 fully saturated rings. The van der Waals surface area contributed by atoms with Gasteiger partial charge in [0.2, 0.25) is 0 Å². The summed E-state index contributed by atoms with van der Waals surface area (Å²) in [6.45, 7) is 0. The number of rotatable bonds is 3. The van der Waals surface area contributed by atoms with Crippen LogP contribution in [0, 0.1) is 11.6 Å². The predicted octanol–water partition coefficient (Wildman–Crippen LogP) is 4.62. The van der Waals surface area contributed by atoms with Gasteiger partial charge in [0.05, 0.1) is 0 Å². The third kappa shape index (κ3) is 3.32.